The highest BCUT2D eigenvalue weighted by Gasteiger charge is 2.30. The summed E-state index contributed by atoms with van der Waals surface area (Å²) in [6.45, 7) is 0.459. The zero-order chi connectivity index (χ0) is 22.7. The van der Waals surface area contributed by atoms with E-state index in [1.807, 2.05) is 13.0 Å². The maximum absolute atomic E-state index is 12.8. The third-order valence-electron chi connectivity index (χ3n) is 5.76. The van der Waals surface area contributed by atoms with Gasteiger partial charge in [-0.1, -0.05) is 30.4 Å². The first-order chi connectivity index (χ1) is 15.3. The van der Waals surface area contributed by atoms with Crippen molar-refractivity contribution in [3.8, 4) is 5.75 Å². The van der Waals surface area contributed by atoms with Crippen LogP contribution >= 0.6 is 0 Å². The van der Waals surface area contributed by atoms with Crippen molar-refractivity contribution < 1.29 is 22.7 Å². The van der Waals surface area contributed by atoms with Gasteiger partial charge in [0.05, 0.1) is 24.4 Å². The summed E-state index contributed by atoms with van der Waals surface area (Å²) < 4.78 is 41.9. The lowest BCUT2D eigenvalue weighted by molar-refractivity contribution is -0.153. The Bertz CT molecular complexity index is 1000. The minimum atomic E-state index is -4.40. The number of benzene rings is 1. The normalized spacial score (nSPS) is 19.4. The number of nitrogens with one attached hydrogen (secondary N) is 2. The first kappa shape index (κ1) is 22.2. The Balaban J connectivity index is 1.43. The second-order valence-electron chi connectivity index (χ2n) is 8.45. The number of amides is 1. The molecule has 2 aliphatic carbocycles. The van der Waals surface area contributed by atoms with E-state index in [-0.39, 0.29) is 18.1 Å². The highest BCUT2D eigenvalue weighted by atomic mass is 19.4. The number of rotatable bonds is 8. The van der Waals surface area contributed by atoms with E-state index in [2.05, 4.69) is 27.4 Å². The molecule has 1 aromatic carbocycles. The second kappa shape index (κ2) is 9.22. The lowest BCUT2D eigenvalue weighted by Crippen LogP contribution is -2.29. The summed E-state index contributed by atoms with van der Waals surface area (Å²) in [6.07, 6.45) is 7.50. The van der Waals surface area contributed by atoms with Crippen LogP contribution in [0.3, 0.4) is 0 Å². The number of H-pyrrole nitrogens is 1. The van der Waals surface area contributed by atoms with Gasteiger partial charge in [-0.25, -0.2) is 4.98 Å². The molecule has 1 fully saturated rings. The molecule has 2 atom stereocenters. The van der Waals surface area contributed by atoms with Gasteiger partial charge in [0.2, 0.25) is 5.91 Å². The number of nitrogens with zero attached hydrogens (tertiary/aromatic N) is 1. The van der Waals surface area contributed by atoms with Crippen LogP contribution in [-0.2, 0) is 4.79 Å². The van der Waals surface area contributed by atoms with Crippen molar-refractivity contribution in [3.63, 3.8) is 0 Å². The zero-order valence-corrected chi connectivity index (χ0v) is 17.8. The number of allylic oxidation sites excluding steroid dienone is 3. The molecule has 0 aliphatic heterocycles. The summed E-state index contributed by atoms with van der Waals surface area (Å²) in [5, 5.41) is 3.03. The lowest BCUT2D eigenvalue weighted by Gasteiger charge is -2.20. The number of carbonyl (C=O) groups excluding carboxylic acids is 1. The van der Waals surface area contributed by atoms with Gasteiger partial charge in [0.15, 0.2) is 6.61 Å². The highest BCUT2D eigenvalue weighted by molar-refractivity contribution is 5.80. The van der Waals surface area contributed by atoms with Crippen LogP contribution in [0.5, 0.6) is 5.75 Å². The predicted molar refractivity (Wildman–Crippen MR) is 114 cm³/mol. The van der Waals surface area contributed by atoms with E-state index in [1.54, 1.807) is 18.3 Å². The fourth-order valence-electron chi connectivity index (χ4n) is 3.93. The standard InChI is InChI=1S/C24H26F3N3O2/c1-15-28-13-21(29-15)23(19-8-10-20(11-9-19)32-14-24(25,26)27)30-22(31)12-16-2-4-17(5-3-16)18-6-7-18/h2-4,8-11,13,17-18,23H,5-7,12,14H2,1H3,(H,28,29)(H,30,31). The topological polar surface area (TPSA) is 67.0 Å². The van der Waals surface area contributed by atoms with Crippen LogP contribution in [0.4, 0.5) is 13.2 Å². The number of carbonyl (C=O) groups is 1. The SMILES string of the molecule is Cc1ncc(C(NC(=O)CC2=CCC(C3CC3)C=C2)c2ccc(OCC(F)(F)F)cc2)[nH]1. The number of hydrogen-bond acceptors (Lipinski definition) is 3. The average molecular weight is 445 g/mol. The van der Waals surface area contributed by atoms with Gasteiger partial charge < -0.3 is 15.0 Å². The molecule has 1 heterocycles. The number of alkyl halides is 3. The molecular weight excluding hydrogens is 419 g/mol. The summed E-state index contributed by atoms with van der Waals surface area (Å²) in [5.41, 5.74) is 2.40. The van der Waals surface area contributed by atoms with Crippen molar-refractivity contribution in [2.24, 2.45) is 11.8 Å². The van der Waals surface area contributed by atoms with Crippen LogP contribution in [-0.4, -0.2) is 28.7 Å². The minimum Gasteiger partial charge on any atom is -0.484 e. The summed E-state index contributed by atoms with van der Waals surface area (Å²) in [4.78, 5) is 20.2. The summed E-state index contributed by atoms with van der Waals surface area (Å²) in [7, 11) is 0. The number of aromatic nitrogens is 2. The van der Waals surface area contributed by atoms with E-state index in [9.17, 15) is 18.0 Å². The van der Waals surface area contributed by atoms with Crippen LogP contribution in [0, 0.1) is 18.8 Å². The molecule has 2 aliphatic rings. The van der Waals surface area contributed by atoms with E-state index in [1.165, 1.54) is 25.0 Å². The second-order valence-corrected chi connectivity index (χ2v) is 8.45. The Morgan fingerprint density at radius 3 is 2.59 bits per heavy atom. The minimum absolute atomic E-state index is 0.111. The van der Waals surface area contributed by atoms with Gasteiger partial charge in [0.25, 0.3) is 0 Å². The molecule has 0 saturated heterocycles. The Labute approximate surface area is 184 Å². The van der Waals surface area contributed by atoms with E-state index >= 15 is 0 Å². The summed E-state index contributed by atoms with van der Waals surface area (Å²) >= 11 is 0. The predicted octanol–water partition coefficient (Wildman–Crippen LogP) is 5.17. The van der Waals surface area contributed by atoms with Gasteiger partial charge in [-0.05, 0) is 61.3 Å². The van der Waals surface area contributed by atoms with Crippen LogP contribution in [0.2, 0.25) is 0 Å². The van der Waals surface area contributed by atoms with Crippen molar-refractivity contribution in [2.45, 2.75) is 44.8 Å². The van der Waals surface area contributed by atoms with E-state index in [0.29, 0.717) is 23.0 Å². The van der Waals surface area contributed by atoms with Crippen molar-refractivity contribution in [2.75, 3.05) is 6.61 Å². The molecule has 8 heteroatoms. The molecule has 170 valence electrons. The molecule has 2 unspecified atom stereocenters. The zero-order valence-electron chi connectivity index (χ0n) is 17.8. The van der Waals surface area contributed by atoms with Gasteiger partial charge in [-0.15, -0.1) is 0 Å². The molecule has 0 bridgehead atoms. The van der Waals surface area contributed by atoms with Gasteiger partial charge in [-0.2, -0.15) is 13.2 Å². The molecule has 1 saturated carbocycles. The van der Waals surface area contributed by atoms with Gasteiger partial charge in [-0.3, -0.25) is 4.79 Å². The van der Waals surface area contributed by atoms with Crippen LogP contribution in [0.25, 0.3) is 0 Å². The maximum Gasteiger partial charge on any atom is 0.422 e. The van der Waals surface area contributed by atoms with Gasteiger partial charge >= 0.3 is 6.18 Å². The van der Waals surface area contributed by atoms with Crippen LogP contribution < -0.4 is 10.1 Å². The number of aromatic amines is 1. The number of aryl methyl sites for hydroxylation is 1. The molecule has 1 aromatic heterocycles. The van der Waals surface area contributed by atoms with Crippen molar-refractivity contribution in [3.05, 3.63) is 71.3 Å². The molecule has 5 nitrogen and oxygen atoms in total. The first-order valence-corrected chi connectivity index (χ1v) is 10.7. The fraction of sp³-hybridized carbons (Fsp3) is 0.417. The van der Waals surface area contributed by atoms with E-state index < -0.39 is 18.8 Å². The number of ether oxygens (including phenoxy) is 1. The van der Waals surface area contributed by atoms with Gasteiger partial charge in [0, 0.05) is 0 Å². The molecular formula is C24H26F3N3O2. The molecule has 1 amide bonds. The highest BCUT2D eigenvalue weighted by Crippen LogP contribution is 2.41. The van der Waals surface area contributed by atoms with Crippen LogP contribution in [0.1, 0.15) is 48.8 Å². The number of halogens is 3. The summed E-state index contributed by atoms with van der Waals surface area (Å²) in [5.74, 6) is 2.07. The quantitative estimate of drug-likeness (QED) is 0.589. The molecule has 2 aromatic rings. The Morgan fingerprint density at radius 2 is 2.03 bits per heavy atom. The molecule has 0 radical (unpaired) electrons. The Morgan fingerprint density at radius 1 is 1.28 bits per heavy atom. The molecule has 0 spiro atoms. The largest absolute Gasteiger partial charge is 0.484 e. The van der Waals surface area contributed by atoms with Crippen molar-refractivity contribution in [1.29, 1.82) is 0 Å². The Hall–Kier alpha value is -3.03. The third kappa shape index (κ3) is 6.02. The Kier molecular flexibility index (Phi) is 6.39. The van der Waals surface area contributed by atoms with Crippen molar-refractivity contribution in [1.82, 2.24) is 15.3 Å². The van der Waals surface area contributed by atoms with E-state index in [0.717, 1.165) is 17.9 Å². The maximum atomic E-state index is 12.8. The molecule has 32 heavy (non-hydrogen) atoms. The van der Waals surface area contributed by atoms with E-state index in [4.69, 9.17) is 4.74 Å². The van der Waals surface area contributed by atoms with Gasteiger partial charge in [0.1, 0.15) is 11.6 Å². The monoisotopic (exact) mass is 445 g/mol. The lowest BCUT2D eigenvalue weighted by atomic mass is 9.91. The number of hydrogen-bond donors (Lipinski definition) is 2. The average Bonchev–Trinajstić information content (AvgIpc) is 3.52. The molecule has 2 N–H and O–H groups in total. The van der Waals surface area contributed by atoms with Crippen LogP contribution in [0.15, 0.2) is 54.3 Å². The smallest absolute Gasteiger partial charge is 0.422 e. The van der Waals surface area contributed by atoms with Crippen molar-refractivity contribution >= 4 is 5.91 Å². The fourth-order valence-corrected chi connectivity index (χ4v) is 3.93. The number of imidazole rings is 1. The summed E-state index contributed by atoms with van der Waals surface area (Å²) in [6, 6.07) is 5.72. The molecule has 4 rings (SSSR count). The first-order valence-electron chi connectivity index (χ1n) is 10.7. The third-order valence-corrected chi connectivity index (χ3v) is 5.76.